The van der Waals surface area contributed by atoms with Gasteiger partial charge in [0, 0.05) is 44.8 Å². The van der Waals surface area contributed by atoms with Gasteiger partial charge in [-0.05, 0) is 12.3 Å². The summed E-state index contributed by atoms with van der Waals surface area (Å²) in [5, 5.41) is 0. The molecule has 3 nitrogen and oxygen atoms in total. The number of rotatable bonds is 3. The van der Waals surface area contributed by atoms with Crippen LogP contribution in [0.3, 0.4) is 0 Å². The molecule has 0 aromatic carbocycles. The summed E-state index contributed by atoms with van der Waals surface area (Å²) in [6.45, 7) is 10.7. The average Bonchev–Trinajstić information content (AvgIpc) is 2.18. The summed E-state index contributed by atoms with van der Waals surface area (Å²) in [5.74, 6) is 0.724. The van der Waals surface area contributed by atoms with Crippen molar-refractivity contribution in [1.82, 2.24) is 9.80 Å². The molecule has 3 aliphatic rings. The molecule has 3 rings (SSSR count). The van der Waals surface area contributed by atoms with E-state index in [-0.39, 0.29) is 0 Å². The van der Waals surface area contributed by atoms with Gasteiger partial charge in [0.1, 0.15) is 0 Å². The molecule has 14 heavy (non-hydrogen) atoms. The van der Waals surface area contributed by atoms with Gasteiger partial charge in [-0.2, -0.15) is 0 Å². The van der Waals surface area contributed by atoms with E-state index < -0.39 is 0 Å². The molecule has 2 unspecified atom stereocenters. The molecule has 0 radical (unpaired) electrons. The molecule has 2 atom stereocenters. The molecular weight excluding hydrogens is 174 g/mol. The quantitative estimate of drug-likeness (QED) is 0.709. The van der Waals surface area contributed by atoms with E-state index in [0.29, 0.717) is 12.1 Å². The zero-order valence-electron chi connectivity index (χ0n) is 9.45. The maximum absolute atomic E-state index is 6.27. The maximum Gasteiger partial charge on any atom is 0.0375 e. The Balaban J connectivity index is 1.91. The number of piperazine rings is 3. The second-order valence-electron chi connectivity index (χ2n) is 5.20. The van der Waals surface area contributed by atoms with Crippen molar-refractivity contribution in [3.05, 3.63) is 0 Å². The molecule has 3 heteroatoms. The van der Waals surface area contributed by atoms with E-state index in [2.05, 4.69) is 23.6 Å². The van der Waals surface area contributed by atoms with Crippen molar-refractivity contribution in [3.63, 3.8) is 0 Å². The lowest BCUT2D eigenvalue weighted by Gasteiger charge is -2.49. The second kappa shape index (κ2) is 4.17. The SMILES string of the molecule is CC(C)CC(N)C1CN2CCN1CC2. The Bertz CT molecular complexity index is 185. The highest BCUT2D eigenvalue weighted by Gasteiger charge is 2.35. The smallest absolute Gasteiger partial charge is 0.0375 e. The molecule has 0 aliphatic carbocycles. The number of fused-ring (bicyclic) bond motifs is 3. The summed E-state index contributed by atoms with van der Waals surface area (Å²) in [4.78, 5) is 5.15. The van der Waals surface area contributed by atoms with Crippen LogP contribution < -0.4 is 5.73 Å². The molecule has 2 bridgehead atoms. The number of nitrogens with zero attached hydrogens (tertiary/aromatic N) is 2. The standard InChI is InChI=1S/C11H23N3/c1-9(2)7-10(12)11-8-13-3-5-14(11)6-4-13/h9-11H,3-8,12H2,1-2H3. The van der Waals surface area contributed by atoms with Gasteiger partial charge in [0.15, 0.2) is 0 Å². The van der Waals surface area contributed by atoms with E-state index in [1.54, 1.807) is 0 Å². The second-order valence-corrected chi connectivity index (χ2v) is 5.20. The molecule has 2 N–H and O–H groups in total. The molecule has 3 aliphatic heterocycles. The largest absolute Gasteiger partial charge is 0.326 e. The molecule has 3 saturated heterocycles. The molecule has 0 amide bonds. The molecule has 0 spiro atoms. The fourth-order valence-corrected chi connectivity index (χ4v) is 2.77. The van der Waals surface area contributed by atoms with Crippen LogP contribution in [-0.2, 0) is 0 Å². The van der Waals surface area contributed by atoms with E-state index in [9.17, 15) is 0 Å². The van der Waals surface area contributed by atoms with Crippen molar-refractivity contribution in [3.8, 4) is 0 Å². The first-order valence-corrected chi connectivity index (χ1v) is 5.89. The summed E-state index contributed by atoms with van der Waals surface area (Å²) in [6.07, 6.45) is 1.16. The average molecular weight is 197 g/mol. The highest BCUT2D eigenvalue weighted by Crippen LogP contribution is 2.20. The van der Waals surface area contributed by atoms with Crippen LogP contribution in [0.5, 0.6) is 0 Å². The van der Waals surface area contributed by atoms with Crippen molar-refractivity contribution in [2.24, 2.45) is 11.7 Å². The Morgan fingerprint density at radius 1 is 1.21 bits per heavy atom. The minimum Gasteiger partial charge on any atom is -0.326 e. The van der Waals surface area contributed by atoms with Gasteiger partial charge in [-0.25, -0.2) is 0 Å². The van der Waals surface area contributed by atoms with Gasteiger partial charge in [-0.3, -0.25) is 9.80 Å². The Hall–Kier alpha value is -0.120. The number of hydrogen-bond acceptors (Lipinski definition) is 3. The molecular formula is C11H23N3. The van der Waals surface area contributed by atoms with Gasteiger partial charge in [0.25, 0.3) is 0 Å². The third kappa shape index (κ3) is 2.10. The van der Waals surface area contributed by atoms with Gasteiger partial charge in [-0.1, -0.05) is 13.8 Å². The summed E-state index contributed by atoms with van der Waals surface area (Å²) in [7, 11) is 0. The summed E-state index contributed by atoms with van der Waals surface area (Å²) < 4.78 is 0. The summed E-state index contributed by atoms with van der Waals surface area (Å²) >= 11 is 0. The van der Waals surface area contributed by atoms with E-state index in [0.717, 1.165) is 12.3 Å². The van der Waals surface area contributed by atoms with Crippen LogP contribution in [0.1, 0.15) is 20.3 Å². The Labute approximate surface area is 87.2 Å². The lowest BCUT2D eigenvalue weighted by atomic mass is 9.94. The van der Waals surface area contributed by atoms with E-state index in [1.807, 2.05) is 0 Å². The fourth-order valence-electron chi connectivity index (χ4n) is 2.77. The van der Waals surface area contributed by atoms with Crippen LogP contribution in [0.25, 0.3) is 0 Å². The van der Waals surface area contributed by atoms with Gasteiger partial charge in [0.2, 0.25) is 0 Å². The first-order valence-electron chi connectivity index (χ1n) is 5.89. The van der Waals surface area contributed by atoms with Crippen LogP contribution in [0.15, 0.2) is 0 Å². The molecule has 0 saturated carbocycles. The predicted molar refractivity (Wildman–Crippen MR) is 59.2 cm³/mol. The number of hydrogen-bond donors (Lipinski definition) is 1. The zero-order valence-corrected chi connectivity index (χ0v) is 9.45. The molecule has 82 valence electrons. The molecule has 0 aromatic heterocycles. The Morgan fingerprint density at radius 3 is 2.29 bits per heavy atom. The summed E-state index contributed by atoms with van der Waals surface area (Å²) in [6, 6.07) is 0.998. The van der Waals surface area contributed by atoms with Gasteiger partial charge in [-0.15, -0.1) is 0 Å². The van der Waals surface area contributed by atoms with Crippen molar-refractivity contribution >= 4 is 0 Å². The fraction of sp³-hybridized carbons (Fsp3) is 1.00. The topological polar surface area (TPSA) is 32.5 Å². The minimum absolute atomic E-state index is 0.373. The molecule has 3 heterocycles. The number of nitrogens with two attached hydrogens (primary N) is 1. The van der Waals surface area contributed by atoms with E-state index in [1.165, 1.54) is 32.7 Å². The molecule has 3 fully saturated rings. The molecule has 0 aromatic rings. The van der Waals surface area contributed by atoms with Crippen molar-refractivity contribution < 1.29 is 0 Å². The van der Waals surface area contributed by atoms with Gasteiger partial charge < -0.3 is 5.73 Å². The monoisotopic (exact) mass is 197 g/mol. The normalized spacial score (nSPS) is 39.0. The first kappa shape index (κ1) is 10.4. The van der Waals surface area contributed by atoms with Crippen LogP contribution in [0, 0.1) is 5.92 Å². The Kier molecular flexibility index (Phi) is 3.10. The minimum atomic E-state index is 0.373. The van der Waals surface area contributed by atoms with Gasteiger partial charge in [0.05, 0.1) is 0 Å². The predicted octanol–water partition coefficient (Wildman–Crippen LogP) is 0.360. The highest BCUT2D eigenvalue weighted by molar-refractivity contribution is 4.93. The third-order valence-corrected chi connectivity index (χ3v) is 3.56. The van der Waals surface area contributed by atoms with Crippen molar-refractivity contribution in [1.29, 1.82) is 0 Å². The van der Waals surface area contributed by atoms with Crippen LogP contribution in [0.4, 0.5) is 0 Å². The van der Waals surface area contributed by atoms with Crippen molar-refractivity contribution in [2.75, 3.05) is 32.7 Å². The zero-order chi connectivity index (χ0) is 10.1. The highest BCUT2D eigenvalue weighted by atomic mass is 15.3. The lowest BCUT2D eigenvalue weighted by molar-refractivity contribution is -0.000114. The van der Waals surface area contributed by atoms with Crippen LogP contribution in [0.2, 0.25) is 0 Å². The van der Waals surface area contributed by atoms with E-state index in [4.69, 9.17) is 5.73 Å². The summed E-state index contributed by atoms with van der Waals surface area (Å²) in [5.41, 5.74) is 6.27. The Morgan fingerprint density at radius 2 is 1.86 bits per heavy atom. The maximum atomic E-state index is 6.27. The van der Waals surface area contributed by atoms with Gasteiger partial charge >= 0.3 is 0 Å². The van der Waals surface area contributed by atoms with Crippen LogP contribution in [-0.4, -0.2) is 54.6 Å². The van der Waals surface area contributed by atoms with Crippen LogP contribution >= 0.6 is 0 Å². The lowest BCUT2D eigenvalue weighted by Crippen LogP contribution is -2.65. The van der Waals surface area contributed by atoms with Crippen molar-refractivity contribution in [2.45, 2.75) is 32.4 Å². The third-order valence-electron chi connectivity index (χ3n) is 3.56. The van der Waals surface area contributed by atoms with E-state index >= 15 is 0 Å². The first-order chi connectivity index (χ1) is 6.66.